The van der Waals surface area contributed by atoms with Gasteiger partial charge in [-0.25, -0.2) is 16.8 Å². The van der Waals surface area contributed by atoms with E-state index in [1.165, 1.54) is 0 Å². The Morgan fingerprint density at radius 3 is 2.21 bits per heavy atom. The molecule has 134 valence electrons. The smallest absolute Gasteiger partial charge is 0.183 e. The van der Waals surface area contributed by atoms with Crippen molar-refractivity contribution in [2.75, 3.05) is 24.6 Å². The summed E-state index contributed by atoms with van der Waals surface area (Å²) in [5, 5.41) is -0.862. The van der Waals surface area contributed by atoms with Crippen molar-refractivity contribution >= 4 is 19.7 Å². The molecule has 2 aliphatic heterocycles. The number of rotatable bonds is 3. The summed E-state index contributed by atoms with van der Waals surface area (Å²) < 4.78 is 50.5. The summed E-state index contributed by atoms with van der Waals surface area (Å²) in [6.07, 6.45) is 1.99. The molecule has 0 amide bonds. The molecule has 5 nitrogen and oxygen atoms in total. The van der Waals surface area contributed by atoms with Gasteiger partial charge in [-0.2, -0.15) is 0 Å². The molecule has 2 heterocycles. The second-order valence-corrected chi connectivity index (χ2v) is 11.6. The number of hydrogen-bond acceptors (Lipinski definition) is 5. The third kappa shape index (κ3) is 3.53. The molecule has 0 bridgehead atoms. The summed E-state index contributed by atoms with van der Waals surface area (Å²) in [6, 6.07) is 6.27. The molecule has 0 spiro atoms. The average Bonchev–Trinajstić information content (AvgIpc) is 2.85. The first-order valence-electron chi connectivity index (χ1n) is 8.44. The molecule has 1 aromatic carbocycles. The van der Waals surface area contributed by atoms with Crippen molar-refractivity contribution in [1.29, 1.82) is 0 Å². The number of aryl methyl sites for hydroxylation is 1. The molecule has 0 aromatic heterocycles. The number of nitrogens with zero attached hydrogens (tertiary/aromatic N) is 1. The van der Waals surface area contributed by atoms with E-state index in [0.717, 1.165) is 31.5 Å². The van der Waals surface area contributed by atoms with Gasteiger partial charge in [0.1, 0.15) is 0 Å². The molecule has 0 saturated carbocycles. The molecule has 7 heteroatoms. The number of hydrogen-bond donors (Lipinski definition) is 0. The van der Waals surface area contributed by atoms with E-state index in [9.17, 15) is 16.8 Å². The van der Waals surface area contributed by atoms with Gasteiger partial charge in [0, 0.05) is 6.04 Å². The van der Waals surface area contributed by atoms with Crippen LogP contribution in [0, 0.1) is 12.8 Å². The molecular formula is C17H25NO4S2. The summed E-state index contributed by atoms with van der Waals surface area (Å²) in [5.41, 5.74) is 0.981. The maximum Gasteiger partial charge on any atom is 0.183 e. The Balaban J connectivity index is 1.92. The number of sulfone groups is 2. The number of piperidine rings is 1. The van der Waals surface area contributed by atoms with Gasteiger partial charge in [0.05, 0.1) is 21.7 Å². The van der Waals surface area contributed by atoms with Gasteiger partial charge in [-0.1, -0.05) is 24.6 Å². The summed E-state index contributed by atoms with van der Waals surface area (Å²) in [6.45, 7) is 5.64. The van der Waals surface area contributed by atoms with Crippen LogP contribution in [0.4, 0.5) is 0 Å². The molecular weight excluding hydrogens is 346 g/mol. The van der Waals surface area contributed by atoms with Gasteiger partial charge < -0.3 is 0 Å². The Kier molecular flexibility index (Phi) is 4.79. The van der Waals surface area contributed by atoms with Gasteiger partial charge in [0.2, 0.25) is 0 Å². The maximum atomic E-state index is 13.1. The van der Waals surface area contributed by atoms with E-state index in [1.54, 1.807) is 24.3 Å². The Labute approximate surface area is 144 Å². The van der Waals surface area contributed by atoms with E-state index in [4.69, 9.17) is 0 Å². The summed E-state index contributed by atoms with van der Waals surface area (Å²) in [5.74, 6) is 0.309. The third-order valence-corrected chi connectivity index (χ3v) is 9.44. The second kappa shape index (κ2) is 6.42. The Morgan fingerprint density at radius 2 is 1.62 bits per heavy atom. The van der Waals surface area contributed by atoms with Crippen LogP contribution in [0.25, 0.3) is 0 Å². The van der Waals surface area contributed by atoms with E-state index < -0.39 is 31.0 Å². The Bertz CT molecular complexity index is 791. The first-order valence-corrected chi connectivity index (χ1v) is 11.8. The fourth-order valence-electron chi connectivity index (χ4n) is 3.70. The minimum atomic E-state index is -3.66. The lowest BCUT2D eigenvalue weighted by molar-refractivity contribution is 0.151. The van der Waals surface area contributed by atoms with Crippen molar-refractivity contribution in [3.05, 3.63) is 29.8 Å². The van der Waals surface area contributed by atoms with Crippen LogP contribution in [0.15, 0.2) is 29.2 Å². The van der Waals surface area contributed by atoms with Gasteiger partial charge >= 0.3 is 0 Å². The van der Waals surface area contributed by atoms with Crippen molar-refractivity contribution < 1.29 is 16.8 Å². The highest BCUT2D eigenvalue weighted by molar-refractivity contribution is 7.96. The zero-order chi connectivity index (χ0) is 17.5. The minimum Gasteiger partial charge on any atom is -0.298 e. The molecule has 0 aliphatic carbocycles. The monoisotopic (exact) mass is 371 g/mol. The van der Waals surface area contributed by atoms with Crippen LogP contribution in [-0.4, -0.2) is 57.6 Å². The van der Waals surface area contributed by atoms with Crippen molar-refractivity contribution in [2.24, 2.45) is 5.92 Å². The summed E-state index contributed by atoms with van der Waals surface area (Å²) in [7, 11) is -6.99. The maximum absolute atomic E-state index is 13.1. The fraction of sp³-hybridized carbons (Fsp3) is 0.647. The normalized spacial score (nSPS) is 28.9. The number of benzene rings is 1. The van der Waals surface area contributed by atoms with Crippen LogP contribution < -0.4 is 0 Å². The molecule has 2 saturated heterocycles. The Morgan fingerprint density at radius 1 is 1.04 bits per heavy atom. The van der Waals surface area contributed by atoms with Gasteiger partial charge in [-0.15, -0.1) is 0 Å². The first-order chi connectivity index (χ1) is 11.2. The van der Waals surface area contributed by atoms with Crippen molar-refractivity contribution in [1.82, 2.24) is 4.90 Å². The summed E-state index contributed by atoms with van der Waals surface area (Å²) >= 11 is 0. The lowest BCUT2D eigenvalue weighted by Crippen LogP contribution is -2.49. The average molecular weight is 372 g/mol. The molecule has 2 atom stereocenters. The third-order valence-electron chi connectivity index (χ3n) is 5.31. The highest BCUT2D eigenvalue weighted by atomic mass is 32.2. The van der Waals surface area contributed by atoms with Crippen LogP contribution >= 0.6 is 0 Å². The zero-order valence-corrected chi connectivity index (χ0v) is 15.8. The van der Waals surface area contributed by atoms with Crippen LogP contribution in [0.3, 0.4) is 0 Å². The summed E-state index contributed by atoms with van der Waals surface area (Å²) in [4.78, 5) is 2.31. The lowest BCUT2D eigenvalue weighted by atomic mass is 9.98. The quantitative estimate of drug-likeness (QED) is 0.808. The first kappa shape index (κ1) is 17.9. The molecule has 0 N–H and O–H groups in total. The van der Waals surface area contributed by atoms with Gasteiger partial charge in [-0.3, -0.25) is 4.90 Å². The predicted octanol–water partition coefficient (Wildman–Crippen LogP) is 1.67. The highest BCUT2D eigenvalue weighted by Crippen LogP contribution is 2.31. The van der Waals surface area contributed by atoms with Crippen LogP contribution in [0.5, 0.6) is 0 Å². The zero-order valence-electron chi connectivity index (χ0n) is 14.2. The van der Waals surface area contributed by atoms with Gasteiger partial charge in [0.25, 0.3) is 0 Å². The molecule has 1 aromatic rings. The van der Waals surface area contributed by atoms with E-state index in [0.29, 0.717) is 5.92 Å². The SMILES string of the molecule is Cc1ccc(S(=O)(=O)[C@H]2CS(=O)(=O)C[C@@H]2N2CCC(C)CC2)cc1. The molecule has 0 radical (unpaired) electrons. The van der Waals surface area contributed by atoms with Gasteiger partial charge in [0.15, 0.2) is 19.7 Å². The van der Waals surface area contributed by atoms with E-state index in [1.807, 2.05) is 6.92 Å². The number of likely N-dealkylation sites (tertiary alicyclic amines) is 1. The molecule has 2 aliphatic rings. The lowest BCUT2D eigenvalue weighted by Gasteiger charge is -2.36. The second-order valence-electron chi connectivity index (χ2n) is 7.26. The Hall–Kier alpha value is -0.920. The largest absolute Gasteiger partial charge is 0.298 e. The van der Waals surface area contributed by atoms with Crippen LogP contribution in [0.1, 0.15) is 25.3 Å². The van der Waals surface area contributed by atoms with Crippen LogP contribution in [-0.2, 0) is 19.7 Å². The van der Waals surface area contributed by atoms with Gasteiger partial charge in [-0.05, 0) is 50.9 Å². The minimum absolute atomic E-state index is 0.0445. The van der Waals surface area contributed by atoms with Crippen molar-refractivity contribution in [3.8, 4) is 0 Å². The topological polar surface area (TPSA) is 71.5 Å². The molecule has 0 unspecified atom stereocenters. The standard InChI is InChI=1S/C17H25NO4S2/c1-13-3-5-15(6-4-13)24(21,22)17-12-23(19,20)11-16(17)18-9-7-14(2)8-10-18/h3-6,14,16-17H,7-12H2,1-2H3/t16-,17-/m0/s1. The van der Waals surface area contributed by atoms with Crippen LogP contribution in [0.2, 0.25) is 0 Å². The van der Waals surface area contributed by atoms with E-state index in [-0.39, 0.29) is 16.4 Å². The predicted molar refractivity (Wildman–Crippen MR) is 94.6 cm³/mol. The van der Waals surface area contributed by atoms with Crippen molar-refractivity contribution in [3.63, 3.8) is 0 Å². The molecule has 2 fully saturated rings. The highest BCUT2D eigenvalue weighted by Gasteiger charge is 2.48. The van der Waals surface area contributed by atoms with E-state index in [2.05, 4.69) is 11.8 Å². The van der Waals surface area contributed by atoms with E-state index >= 15 is 0 Å². The molecule has 24 heavy (non-hydrogen) atoms. The van der Waals surface area contributed by atoms with Crippen molar-refractivity contribution in [2.45, 2.75) is 42.9 Å². The molecule has 3 rings (SSSR count). The fourth-order valence-corrected chi connectivity index (χ4v) is 8.53.